The van der Waals surface area contributed by atoms with Crippen molar-refractivity contribution in [2.45, 2.75) is 0 Å². The zero-order chi connectivity index (χ0) is 23.9. The Balaban J connectivity index is 1.60. The molecule has 1 aliphatic heterocycles. The third-order valence-corrected chi connectivity index (χ3v) is 4.73. The van der Waals surface area contributed by atoms with Gasteiger partial charge >= 0.3 is 0 Å². The van der Waals surface area contributed by atoms with E-state index in [9.17, 15) is 20.2 Å². The number of benzene rings is 2. The van der Waals surface area contributed by atoms with Crippen LogP contribution in [-0.2, 0) is 4.74 Å². The van der Waals surface area contributed by atoms with E-state index in [0.717, 1.165) is 0 Å². The quantitative estimate of drug-likeness (QED) is 0.284. The molecular formula is C20H19N9O5. The number of hydrogen-bond donors (Lipinski definition) is 2. The molecule has 14 heteroatoms. The molecule has 1 fully saturated rings. The first kappa shape index (κ1) is 22.5. The van der Waals surface area contributed by atoms with Gasteiger partial charge in [-0.2, -0.15) is 20.1 Å². The lowest BCUT2D eigenvalue weighted by molar-refractivity contribution is -0.385. The summed E-state index contributed by atoms with van der Waals surface area (Å²) in [6.07, 6.45) is 1.30. The highest BCUT2D eigenvalue weighted by Gasteiger charge is 2.17. The summed E-state index contributed by atoms with van der Waals surface area (Å²) >= 11 is 0. The van der Waals surface area contributed by atoms with Crippen LogP contribution in [-0.4, -0.2) is 57.3 Å². The van der Waals surface area contributed by atoms with Gasteiger partial charge in [0.2, 0.25) is 17.8 Å². The maximum Gasteiger partial charge on any atom is 0.278 e. The molecule has 0 radical (unpaired) electrons. The number of non-ortho nitro benzene ring substituents is 1. The van der Waals surface area contributed by atoms with E-state index in [1.54, 1.807) is 30.3 Å². The van der Waals surface area contributed by atoms with Crippen LogP contribution in [0.1, 0.15) is 5.56 Å². The van der Waals surface area contributed by atoms with Crippen molar-refractivity contribution >= 4 is 41.1 Å². The number of nitro groups is 2. The zero-order valence-corrected chi connectivity index (χ0v) is 17.7. The molecule has 0 unspecified atom stereocenters. The Morgan fingerprint density at radius 3 is 2.50 bits per heavy atom. The highest BCUT2D eigenvalue weighted by atomic mass is 16.6. The van der Waals surface area contributed by atoms with Crippen molar-refractivity contribution in [1.29, 1.82) is 0 Å². The molecular weight excluding hydrogens is 446 g/mol. The third kappa shape index (κ3) is 5.55. The Morgan fingerprint density at radius 2 is 1.74 bits per heavy atom. The van der Waals surface area contributed by atoms with E-state index in [4.69, 9.17) is 4.74 Å². The van der Waals surface area contributed by atoms with Crippen LogP contribution in [0, 0.1) is 20.2 Å². The fourth-order valence-electron chi connectivity index (χ4n) is 3.12. The highest BCUT2D eigenvalue weighted by molar-refractivity contribution is 5.85. The Kier molecular flexibility index (Phi) is 6.78. The molecule has 4 rings (SSSR count). The van der Waals surface area contributed by atoms with Crippen molar-refractivity contribution < 1.29 is 14.6 Å². The van der Waals surface area contributed by atoms with E-state index in [0.29, 0.717) is 43.5 Å². The van der Waals surface area contributed by atoms with Crippen molar-refractivity contribution in [1.82, 2.24) is 15.0 Å². The maximum absolute atomic E-state index is 11.2. The van der Waals surface area contributed by atoms with Crippen LogP contribution in [0.3, 0.4) is 0 Å². The molecule has 34 heavy (non-hydrogen) atoms. The van der Waals surface area contributed by atoms with Gasteiger partial charge in [0.05, 0.1) is 34.8 Å². The number of para-hydroxylation sites is 1. The van der Waals surface area contributed by atoms with E-state index in [-0.39, 0.29) is 23.3 Å². The second kappa shape index (κ2) is 10.3. The van der Waals surface area contributed by atoms with Crippen LogP contribution < -0.4 is 15.6 Å². The Labute approximate surface area is 192 Å². The van der Waals surface area contributed by atoms with Crippen LogP contribution in [0.15, 0.2) is 53.6 Å². The average Bonchev–Trinajstić information content (AvgIpc) is 2.85. The lowest BCUT2D eigenvalue weighted by Crippen LogP contribution is -2.37. The van der Waals surface area contributed by atoms with Crippen LogP contribution >= 0.6 is 0 Å². The van der Waals surface area contributed by atoms with E-state index in [2.05, 4.69) is 30.8 Å². The smallest absolute Gasteiger partial charge is 0.278 e. The first-order valence-corrected chi connectivity index (χ1v) is 10.1. The molecule has 174 valence electrons. The fraction of sp³-hybridized carbons (Fsp3) is 0.200. The SMILES string of the molecule is O=[N+]([O-])c1cccc(Nc2nc(NN=Cc3ccccc3[N+](=O)[O-])nc(N3CCOCC3)n2)c1. The summed E-state index contributed by atoms with van der Waals surface area (Å²) in [5.41, 5.74) is 3.22. The Bertz CT molecular complexity index is 1230. The molecule has 0 amide bonds. The molecule has 0 saturated carbocycles. The van der Waals surface area contributed by atoms with Crippen molar-refractivity contribution in [2.75, 3.05) is 41.9 Å². The largest absolute Gasteiger partial charge is 0.378 e. The zero-order valence-electron chi connectivity index (χ0n) is 17.7. The minimum Gasteiger partial charge on any atom is -0.378 e. The first-order chi connectivity index (χ1) is 16.5. The summed E-state index contributed by atoms with van der Waals surface area (Å²) in [5.74, 6) is 0.578. The van der Waals surface area contributed by atoms with E-state index < -0.39 is 9.85 Å². The molecule has 14 nitrogen and oxygen atoms in total. The van der Waals surface area contributed by atoms with Gasteiger partial charge in [-0.05, 0) is 12.1 Å². The van der Waals surface area contributed by atoms with Crippen LogP contribution in [0.25, 0.3) is 0 Å². The topological polar surface area (TPSA) is 174 Å². The monoisotopic (exact) mass is 465 g/mol. The minimum atomic E-state index is -0.498. The molecule has 1 aliphatic rings. The highest BCUT2D eigenvalue weighted by Crippen LogP contribution is 2.22. The molecule has 2 heterocycles. The van der Waals surface area contributed by atoms with Crippen LogP contribution in [0.4, 0.5) is 34.9 Å². The number of morpholine rings is 1. The number of rotatable bonds is 8. The molecule has 0 bridgehead atoms. The predicted octanol–water partition coefficient (Wildman–Crippen LogP) is 2.71. The van der Waals surface area contributed by atoms with Gasteiger partial charge in [-0.1, -0.05) is 18.2 Å². The van der Waals surface area contributed by atoms with E-state index >= 15 is 0 Å². The number of anilines is 4. The number of hydrazone groups is 1. The summed E-state index contributed by atoms with van der Waals surface area (Å²) in [5, 5.41) is 29.2. The fourth-order valence-corrected chi connectivity index (χ4v) is 3.12. The maximum atomic E-state index is 11.2. The lowest BCUT2D eigenvalue weighted by Gasteiger charge is -2.27. The Morgan fingerprint density at radius 1 is 0.971 bits per heavy atom. The first-order valence-electron chi connectivity index (χ1n) is 10.1. The number of nitro benzene ring substituents is 2. The lowest BCUT2D eigenvalue weighted by atomic mass is 10.2. The Hall–Kier alpha value is -4.72. The van der Waals surface area contributed by atoms with Crippen molar-refractivity contribution in [3.63, 3.8) is 0 Å². The summed E-state index contributed by atoms with van der Waals surface area (Å²) in [6.45, 7) is 2.16. The van der Waals surface area contributed by atoms with Gasteiger partial charge in [-0.3, -0.25) is 20.2 Å². The molecule has 2 N–H and O–H groups in total. The standard InChI is InChI=1S/C20H19N9O5/c30-28(31)16-6-3-5-15(12-16)22-18-23-19(25-20(24-18)27-8-10-34-11-9-27)26-21-13-14-4-1-2-7-17(14)29(32)33/h1-7,12-13H,8-11H2,(H2,22,23,24,25,26). The van der Waals surface area contributed by atoms with Gasteiger partial charge < -0.3 is 15.0 Å². The second-order valence-corrected chi connectivity index (χ2v) is 7.00. The van der Waals surface area contributed by atoms with Gasteiger partial charge in [0.1, 0.15) is 0 Å². The summed E-state index contributed by atoms with van der Waals surface area (Å²) in [6, 6.07) is 12.1. The molecule has 0 spiro atoms. The van der Waals surface area contributed by atoms with Gasteiger partial charge in [-0.15, -0.1) is 0 Å². The number of aromatic nitrogens is 3. The van der Waals surface area contributed by atoms with Crippen molar-refractivity contribution in [3.8, 4) is 0 Å². The molecule has 2 aromatic carbocycles. The number of nitrogens with one attached hydrogen (secondary N) is 2. The third-order valence-electron chi connectivity index (χ3n) is 4.73. The summed E-state index contributed by atoms with van der Waals surface area (Å²) in [4.78, 5) is 36.2. The van der Waals surface area contributed by atoms with E-state index in [1.807, 2.05) is 4.90 Å². The molecule has 0 aliphatic carbocycles. The number of nitrogens with zero attached hydrogens (tertiary/aromatic N) is 7. The minimum absolute atomic E-state index is 0.0826. The van der Waals surface area contributed by atoms with E-state index in [1.165, 1.54) is 24.4 Å². The van der Waals surface area contributed by atoms with Gasteiger partial charge in [0.15, 0.2) is 0 Å². The summed E-state index contributed by atoms with van der Waals surface area (Å²) < 4.78 is 5.37. The molecule has 3 aromatic rings. The van der Waals surface area contributed by atoms with Crippen molar-refractivity contribution in [3.05, 3.63) is 74.3 Å². The average molecular weight is 465 g/mol. The molecule has 1 saturated heterocycles. The van der Waals surface area contributed by atoms with Gasteiger partial charge in [0.25, 0.3) is 11.4 Å². The summed E-state index contributed by atoms with van der Waals surface area (Å²) in [7, 11) is 0. The van der Waals surface area contributed by atoms with Gasteiger partial charge in [0, 0.05) is 37.0 Å². The second-order valence-electron chi connectivity index (χ2n) is 7.00. The normalized spacial score (nSPS) is 13.6. The predicted molar refractivity (Wildman–Crippen MR) is 124 cm³/mol. The van der Waals surface area contributed by atoms with Gasteiger partial charge in [-0.25, -0.2) is 5.43 Å². The number of hydrogen-bond acceptors (Lipinski definition) is 12. The van der Waals surface area contributed by atoms with Crippen molar-refractivity contribution in [2.24, 2.45) is 5.10 Å². The number of ether oxygens (including phenoxy) is 1. The van der Waals surface area contributed by atoms with Crippen LogP contribution in [0.2, 0.25) is 0 Å². The van der Waals surface area contributed by atoms with Crippen LogP contribution in [0.5, 0.6) is 0 Å². The molecule has 1 aromatic heterocycles. The molecule has 0 atom stereocenters.